The molecule has 7 heteroatoms. The molecule has 2 aromatic carbocycles. The summed E-state index contributed by atoms with van der Waals surface area (Å²) in [4.78, 5) is 2.29. The summed E-state index contributed by atoms with van der Waals surface area (Å²) in [5, 5.41) is 13.7. The molecule has 0 spiro atoms. The van der Waals surface area contributed by atoms with Crippen molar-refractivity contribution < 1.29 is 18.3 Å². The standard InChI is InChI=1S/C16H18N2O4S/c1-11-4-7-14(8-5-11)23(20,21)18-17-12(2)15-10-13(22-3)6-9-16(15)19/h4-10,18-19H,1-3H3/b17-12+. The van der Waals surface area contributed by atoms with Crippen LogP contribution in [0, 0.1) is 6.92 Å². The van der Waals surface area contributed by atoms with Crippen LogP contribution in [0.4, 0.5) is 0 Å². The number of ether oxygens (including phenoxy) is 1. The van der Waals surface area contributed by atoms with E-state index in [9.17, 15) is 13.5 Å². The van der Waals surface area contributed by atoms with Gasteiger partial charge in [0.25, 0.3) is 10.0 Å². The molecule has 0 saturated carbocycles. The maximum atomic E-state index is 12.2. The molecule has 0 aliphatic heterocycles. The Morgan fingerprint density at radius 3 is 2.43 bits per heavy atom. The van der Waals surface area contributed by atoms with E-state index in [2.05, 4.69) is 9.93 Å². The van der Waals surface area contributed by atoms with Gasteiger partial charge in [0.05, 0.1) is 17.7 Å². The average Bonchev–Trinajstić information content (AvgIpc) is 2.53. The highest BCUT2D eigenvalue weighted by atomic mass is 32.2. The van der Waals surface area contributed by atoms with Crippen molar-refractivity contribution in [3.63, 3.8) is 0 Å². The monoisotopic (exact) mass is 334 g/mol. The number of hydrogen-bond donors (Lipinski definition) is 2. The average molecular weight is 334 g/mol. The zero-order chi connectivity index (χ0) is 17.0. The lowest BCUT2D eigenvalue weighted by molar-refractivity contribution is 0.412. The molecule has 0 unspecified atom stereocenters. The second kappa shape index (κ2) is 6.70. The van der Waals surface area contributed by atoms with Crippen LogP contribution in [-0.4, -0.2) is 26.3 Å². The third-order valence-corrected chi connectivity index (χ3v) is 4.48. The van der Waals surface area contributed by atoms with Crippen LogP contribution in [0.1, 0.15) is 18.1 Å². The van der Waals surface area contributed by atoms with Gasteiger partial charge in [0.1, 0.15) is 11.5 Å². The number of phenols is 1. The number of benzene rings is 2. The minimum absolute atomic E-state index is 0.0124. The largest absolute Gasteiger partial charge is 0.507 e. The molecule has 2 rings (SSSR count). The number of nitrogens with zero attached hydrogens (tertiary/aromatic N) is 1. The Labute approximate surface area is 135 Å². The summed E-state index contributed by atoms with van der Waals surface area (Å²) in [6.45, 7) is 3.46. The van der Waals surface area contributed by atoms with Crippen LogP contribution >= 0.6 is 0 Å². The highest BCUT2D eigenvalue weighted by Crippen LogP contribution is 2.23. The Hall–Kier alpha value is -2.54. The van der Waals surface area contributed by atoms with Gasteiger partial charge >= 0.3 is 0 Å². The lowest BCUT2D eigenvalue weighted by Crippen LogP contribution is -2.20. The Morgan fingerprint density at radius 2 is 1.83 bits per heavy atom. The number of aryl methyl sites for hydroxylation is 1. The lowest BCUT2D eigenvalue weighted by Gasteiger charge is -2.08. The van der Waals surface area contributed by atoms with Gasteiger partial charge in [-0.15, -0.1) is 0 Å². The molecule has 0 amide bonds. The summed E-state index contributed by atoms with van der Waals surface area (Å²) >= 11 is 0. The van der Waals surface area contributed by atoms with E-state index in [-0.39, 0.29) is 10.6 Å². The fraction of sp³-hybridized carbons (Fsp3) is 0.188. The van der Waals surface area contributed by atoms with E-state index >= 15 is 0 Å². The van der Waals surface area contributed by atoms with Crippen molar-refractivity contribution in [1.29, 1.82) is 0 Å². The summed E-state index contributed by atoms with van der Waals surface area (Å²) in [7, 11) is -2.26. The Kier molecular flexibility index (Phi) is 4.90. The predicted molar refractivity (Wildman–Crippen MR) is 88.4 cm³/mol. The van der Waals surface area contributed by atoms with Gasteiger partial charge in [-0.05, 0) is 44.2 Å². The minimum Gasteiger partial charge on any atom is -0.507 e. The molecule has 0 radical (unpaired) electrons. The van der Waals surface area contributed by atoms with Gasteiger partial charge in [-0.2, -0.15) is 18.4 Å². The summed E-state index contributed by atoms with van der Waals surface area (Å²) in [5.74, 6) is 0.523. The highest BCUT2D eigenvalue weighted by Gasteiger charge is 2.13. The van der Waals surface area contributed by atoms with Crippen LogP contribution in [0.5, 0.6) is 11.5 Å². The van der Waals surface area contributed by atoms with Crippen molar-refractivity contribution in [2.45, 2.75) is 18.7 Å². The van der Waals surface area contributed by atoms with E-state index < -0.39 is 10.0 Å². The third-order valence-electron chi connectivity index (χ3n) is 3.26. The molecular formula is C16H18N2O4S. The van der Waals surface area contributed by atoms with Gasteiger partial charge < -0.3 is 9.84 Å². The number of hydrazone groups is 1. The Bertz CT molecular complexity index is 828. The Morgan fingerprint density at radius 1 is 1.17 bits per heavy atom. The molecule has 0 atom stereocenters. The lowest BCUT2D eigenvalue weighted by atomic mass is 10.1. The van der Waals surface area contributed by atoms with Crippen molar-refractivity contribution in [3.8, 4) is 11.5 Å². The van der Waals surface area contributed by atoms with Gasteiger partial charge in [0.2, 0.25) is 0 Å². The van der Waals surface area contributed by atoms with Gasteiger partial charge in [-0.3, -0.25) is 0 Å². The fourth-order valence-electron chi connectivity index (χ4n) is 1.89. The van der Waals surface area contributed by atoms with Gasteiger partial charge in [0, 0.05) is 5.56 Å². The molecule has 23 heavy (non-hydrogen) atoms. The van der Waals surface area contributed by atoms with Crippen LogP contribution in [0.15, 0.2) is 52.5 Å². The van der Waals surface area contributed by atoms with Crippen molar-refractivity contribution in [1.82, 2.24) is 4.83 Å². The molecule has 0 aliphatic rings. The van der Waals surface area contributed by atoms with Gasteiger partial charge in [0.15, 0.2) is 0 Å². The van der Waals surface area contributed by atoms with Crippen LogP contribution < -0.4 is 9.57 Å². The first-order valence-electron chi connectivity index (χ1n) is 6.83. The van der Waals surface area contributed by atoms with Crippen LogP contribution in [0.2, 0.25) is 0 Å². The van der Waals surface area contributed by atoms with E-state index in [0.717, 1.165) is 5.56 Å². The molecule has 0 bridgehead atoms. The molecule has 0 aliphatic carbocycles. The number of aromatic hydroxyl groups is 1. The smallest absolute Gasteiger partial charge is 0.276 e. The van der Waals surface area contributed by atoms with Crippen LogP contribution in [0.3, 0.4) is 0 Å². The van der Waals surface area contributed by atoms with E-state index in [0.29, 0.717) is 17.0 Å². The third kappa shape index (κ3) is 4.01. The molecule has 0 heterocycles. The number of nitrogens with one attached hydrogen (secondary N) is 1. The zero-order valence-corrected chi connectivity index (χ0v) is 13.9. The predicted octanol–water partition coefficient (Wildman–Crippen LogP) is 2.41. The minimum atomic E-state index is -3.76. The summed E-state index contributed by atoms with van der Waals surface area (Å²) in [6, 6.07) is 11.1. The molecule has 0 aromatic heterocycles. The number of phenolic OH excluding ortho intramolecular Hbond substituents is 1. The van der Waals surface area contributed by atoms with Crippen molar-refractivity contribution in [3.05, 3.63) is 53.6 Å². The van der Waals surface area contributed by atoms with Crippen molar-refractivity contribution in [2.24, 2.45) is 5.10 Å². The first kappa shape index (κ1) is 16.8. The van der Waals surface area contributed by atoms with E-state index in [1.54, 1.807) is 31.2 Å². The number of rotatable bonds is 5. The molecular weight excluding hydrogens is 316 g/mol. The molecule has 6 nitrogen and oxygen atoms in total. The maximum Gasteiger partial charge on any atom is 0.276 e. The second-order valence-electron chi connectivity index (χ2n) is 4.99. The quantitative estimate of drug-likeness (QED) is 0.649. The first-order chi connectivity index (χ1) is 10.8. The molecule has 0 saturated heterocycles. The fourth-order valence-corrected chi connectivity index (χ4v) is 2.75. The molecule has 2 aromatic rings. The van der Waals surface area contributed by atoms with Crippen molar-refractivity contribution >= 4 is 15.7 Å². The number of hydrogen-bond acceptors (Lipinski definition) is 5. The first-order valence-corrected chi connectivity index (χ1v) is 8.32. The SMILES string of the molecule is COc1ccc(O)c(/C(C)=N/NS(=O)(=O)c2ccc(C)cc2)c1. The molecule has 0 fully saturated rings. The van der Waals surface area contributed by atoms with Gasteiger partial charge in [-0.25, -0.2) is 0 Å². The normalized spacial score (nSPS) is 12.0. The molecule has 2 N–H and O–H groups in total. The Balaban J connectivity index is 2.26. The van der Waals surface area contributed by atoms with Crippen molar-refractivity contribution in [2.75, 3.05) is 7.11 Å². The summed E-state index contributed by atoms with van der Waals surface area (Å²) in [5.41, 5.74) is 1.66. The van der Waals surface area contributed by atoms with E-state index in [1.165, 1.54) is 25.3 Å². The van der Waals surface area contributed by atoms with Crippen LogP contribution in [-0.2, 0) is 10.0 Å². The number of methoxy groups -OCH3 is 1. The van der Waals surface area contributed by atoms with Crippen LogP contribution in [0.25, 0.3) is 0 Å². The van der Waals surface area contributed by atoms with E-state index in [4.69, 9.17) is 4.74 Å². The molecule has 122 valence electrons. The second-order valence-corrected chi connectivity index (χ2v) is 6.65. The summed E-state index contributed by atoms with van der Waals surface area (Å²) < 4.78 is 29.4. The van der Waals surface area contributed by atoms with E-state index in [1.807, 2.05) is 6.92 Å². The maximum absolute atomic E-state index is 12.2. The topological polar surface area (TPSA) is 88.0 Å². The zero-order valence-electron chi connectivity index (χ0n) is 13.1. The summed E-state index contributed by atoms with van der Waals surface area (Å²) in [6.07, 6.45) is 0. The van der Waals surface area contributed by atoms with Gasteiger partial charge in [-0.1, -0.05) is 17.7 Å². The number of sulfonamides is 1. The highest BCUT2D eigenvalue weighted by molar-refractivity contribution is 7.89.